The highest BCUT2D eigenvalue weighted by Gasteiger charge is 2.23. The van der Waals surface area contributed by atoms with E-state index in [0.717, 1.165) is 18.2 Å². The molecule has 3 N–H and O–H groups in total. The number of aromatic nitrogens is 2. The first-order valence-electron chi connectivity index (χ1n) is 11.4. The molecular formula is C25H21F3N4O4S. The molecule has 0 aliphatic carbocycles. The minimum atomic E-state index is -4.27. The zero-order chi connectivity index (χ0) is 26.2. The number of aromatic amines is 1. The smallest absolute Gasteiger partial charge is 0.258 e. The van der Waals surface area contributed by atoms with E-state index in [9.17, 15) is 26.4 Å². The minimum absolute atomic E-state index is 0.00809. The summed E-state index contributed by atoms with van der Waals surface area (Å²) < 4.78 is 72.7. The van der Waals surface area contributed by atoms with Gasteiger partial charge < -0.3 is 15.4 Å². The fourth-order valence-corrected chi connectivity index (χ4v) is 5.47. The summed E-state index contributed by atoms with van der Waals surface area (Å²) in [6, 6.07) is 9.71. The van der Waals surface area contributed by atoms with Crippen LogP contribution in [0.4, 0.5) is 24.7 Å². The summed E-state index contributed by atoms with van der Waals surface area (Å²) in [6.45, 7) is 1.11. The van der Waals surface area contributed by atoms with E-state index >= 15 is 0 Å². The molecule has 1 aromatic heterocycles. The summed E-state index contributed by atoms with van der Waals surface area (Å²) in [5, 5.41) is 12.9. The van der Waals surface area contributed by atoms with Gasteiger partial charge in [0.1, 0.15) is 17.5 Å². The average molecular weight is 531 g/mol. The fraction of sp³-hybridized carbons (Fsp3) is 0.200. The summed E-state index contributed by atoms with van der Waals surface area (Å²) in [4.78, 5) is 12.4. The van der Waals surface area contributed by atoms with Crippen molar-refractivity contribution < 1.29 is 31.1 Å². The van der Waals surface area contributed by atoms with Gasteiger partial charge in [0.05, 0.1) is 26.6 Å². The molecule has 0 saturated carbocycles. The lowest BCUT2D eigenvalue weighted by atomic mass is 10.1. The second-order valence-corrected chi connectivity index (χ2v) is 10.5. The van der Waals surface area contributed by atoms with Crippen LogP contribution in [0, 0.1) is 17.5 Å². The van der Waals surface area contributed by atoms with Crippen molar-refractivity contribution in [2.24, 2.45) is 0 Å². The quantitative estimate of drug-likeness (QED) is 0.334. The number of H-pyrrole nitrogens is 1. The van der Waals surface area contributed by atoms with E-state index in [0.29, 0.717) is 43.3 Å². The second kappa shape index (κ2) is 9.87. The van der Waals surface area contributed by atoms with Crippen LogP contribution in [0.3, 0.4) is 0 Å². The number of anilines is 2. The van der Waals surface area contributed by atoms with Gasteiger partial charge in [-0.15, -0.1) is 0 Å². The van der Waals surface area contributed by atoms with Crippen molar-refractivity contribution in [1.29, 1.82) is 0 Å². The maximum absolute atomic E-state index is 14.0. The number of carbonyl (C=O) groups excluding carboxylic acids is 1. The molecule has 0 spiro atoms. The Hall–Kier alpha value is -3.90. The fourth-order valence-electron chi connectivity index (χ4n) is 4.15. The van der Waals surface area contributed by atoms with Gasteiger partial charge in [-0.2, -0.15) is 5.10 Å². The van der Waals surface area contributed by atoms with Crippen molar-refractivity contribution in [3.63, 3.8) is 0 Å². The average Bonchev–Trinajstić information content (AvgIpc) is 3.26. The zero-order valence-corrected chi connectivity index (χ0v) is 20.0. The maximum Gasteiger partial charge on any atom is 0.258 e. The van der Waals surface area contributed by atoms with Crippen LogP contribution in [0.25, 0.3) is 10.9 Å². The topological polar surface area (TPSA) is 113 Å². The van der Waals surface area contributed by atoms with Crippen LogP contribution in [-0.2, 0) is 14.6 Å². The molecule has 4 aromatic rings. The summed E-state index contributed by atoms with van der Waals surface area (Å²) in [5.41, 5.74) is 0.892. The van der Waals surface area contributed by atoms with Crippen LogP contribution in [0.15, 0.2) is 64.4 Å². The first kappa shape index (κ1) is 24.8. The van der Waals surface area contributed by atoms with E-state index in [2.05, 4.69) is 20.8 Å². The Labute approximate surface area is 209 Å². The van der Waals surface area contributed by atoms with Crippen molar-refractivity contribution in [2.45, 2.75) is 28.7 Å². The molecule has 0 unspecified atom stereocenters. The van der Waals surface area contributed by atoms with Crippen molar-refractivity contribution >= 4 is 38.2 Å². The number of sulfone groups is 1. The Morgan fingerprint density at radius 3 is 2.38 bits per heavy atom. The Bertz CT molecular complexity index is 1580. The Morgan fingerprint density at radius 2 is 1.65 bits per heavy atom. The van der Waals surface area contributed by atoms with Gasteiger partial charge in [0.25, 0.3) is 5.91 Å². The van der Waals surface area contributed by atoms with Gasteiger partial charge in [-0.3, -0.25) is 9.89 Å². The predicted molar refractivity (Wildman–Crippen MR) is 130 cm³/mol. The number of benzene rings is 3. The molecule has 0 radical (unpaired) electrons. The number of nitrogens with zero attached hydrogens (tertiary/aromatic N) is 1. The molecular weight excluding hydrogens is 509 g/mol. The standard InChI is InChI=1S/C25H21F3N4O4S/c26-14-1-3-20(23(12-14)29-17-5-7-36-8-6-17)25(33)30-24-21-13-18(2-4-22(21)31-32-24)37(34,35)19-10-15(27)9-16(28)11-19/h1-4,9-13,17,29H,5-8H2,(H2,30,31,32,33). The molecule has 0 bridgehead atoms. The third-order valence-corrected chi connectivity index (χ3v) is 7.76. The van der Waals surface area contributed by atoms with Crippen molar-refractivity contribution in [3.8, 4) is 0 Å². The van der Waals surface area contributed by atoms with Gasteiger partial charge in [0.2, 0.25) is 9.84 Å². The normalized spacial score (nSPS) is 14.6. The van der Waals surface area contributed by atoms with Gasteiger partial charge >= 0.3 is 0 Å². The van der Waals surface area contributed by atoms with Crippen molar-refractivity contribution in [3.05, 3.63) is 77.6 Å². The number of amides is 1. The zero-order valence-electron chi connectivity index (χ0n) is 19.2. The largest absolute Gasteiger partial charge is 0.381 e. The molecule has 8 nitrogen and oxygen atoms in total. The van der Waals surface area contributed by atoms with Gasteiger partial charge in [-0.1, -0.05) is 0 Å². The summed E-state index contributed by atoms with van der Waals surface area (Å²) in [6.07, 6.45) is 1.40. The molecule has 2 heterocycles. The van der Waals surface area contributed by atoms with Gasteiger partial charge in [-0.05, 0) is 61.4 Å². The number of ether oxygens (including phenoxy) is 1. The van der Waals surface area contributed by atoms with E-state index in [4.69, 9.17) is 4.74 Å². The molecule has 1 amide bonds. The minimum Gasteiger partial charge on any atom is -0.381 e. The molecule has 1 saturated heterocycles. The molecule has 37 heavy (non-hydrogen) atoms. The number of carbonyl (C=O) groups is 1. The lowest BCUT2D eigenvalue weighted by molar-refractivity contribution is 0.0904. The van der Waals surface area contributed by atoms with E-state index in [1.165, 1.54) is 30.3 Å². The molecule has 5 rings (SSSR count). The number of rotatable bonds is 6. The highest BCUT2D eigenvalue weighted by Crippen LogP contribution is 2.29. The maximum atomic E-state index is 14.0. The lowest BCUT2D eigenvalue weighted by Gasteiger charge is -2.25. The number of halogens is 3. The molecule has 192 valence electrons. The van der Waals surface area contributed by atoms with Crippen molar-refractivity contribution in [2.75, 3.05) is 23.8 Å². The Morgan fingerprint density at radius 1 is 0.919 bits per heavy atom. The van der Waals surface area contributed by atoms with E-state index in [-0.39, 0.29) is 27.7 Å². The molecule has 1 aliphatic rings. The number of nitrogens with one attached hydrogen (secondary N) is 3. The van der Waals surface area contributed by atoms with Crippen LogP contribution in [0.5, 0.6) is 0 Å². The Kier molecular flexibility index (Phi) is 6.61. The predicted octanol–water partition coefficient (Wildman–Crippen LogP) is 4.66. The molecule has 0 atom stereocenters. The Balaban J connectivity index is 1.45. The molecule has 3 aromatic carbocycles. The monoisotopic (exact) mass is 530 g/mol. The molecule has 1 fully saturated rings. The van der Waals surface area contributed by atoms with Gasteiger partial charge in [0, 0.05) is 30.7 Å². The van der Waals surface area contributed by atoms with Crippen LogP contribution < -0.4 is 10.6 Å². The van der Waals surface area contributed by atoms with Gasteiger partial charge in [-0.25, -0.2) is 21.6 Å². The van der Waals surface area contributed by atoms with Crippen molar-refractivity contribution in [1.82, 2.24) is 10.2 Å². The molecule has 1 aliphatic heterocycles. The second-order valence-electron chi connectivity index (χ2n) is 8.56. The van der Waals surface area contributed by atoms with E-state index in [1.54, 1.807) is 0 Å². The van der Waals surface area contributed by atoms with Crippen LogP contribution >= 0.6 is 0 Å². The summed E-state index contributed by atoms with van der Waals surface area (Å²) >= 11 is 0. The SMILES string of the molecule is O=C(Nc1n[nH]c2ccc(S(=O)(=O)c3cc(F)cc(F)c3)cc12)c1ccc(F)cc1NC1CCOCC1. The van der Waals surface area contributed by atoms with Crippen LogP contribution in [0.2, 0.25) is 0 Å². The number of fused-ring (bicyclic) bond motifs is 1. The first-order chi connectivity index (χ1) is 17.7. The van der Waals surface area contributed by atoms with Crippen LogP contribution in [-0.4, -0.2) is 43.8 Å². The summed E-state index contributed by atoms with van der Waals surface area (Å²) in [5.74, 6) is -3.13. The molecule has 12 heteroatoms. The highest BCUT2D eigenvalue weighted by molar-refractivity contribution is 7.91. The first-order valence-corrected chi connectivity index (χ1v) is 12.8. The number of hydrogen-bond donors (Lipinski definition) is 3. The van der Waals surface area contributed by atoms with E-state index in [1.807, 2.05) is 0 Å². The highest BCUT2D eigenvalue weighted by atomic mass is 32.2. The lowest BCUT2D eigenvalue weighted by Crippen LogP contribution is -2.29. The van der Waals surface area contributed by atoms with Crippen LogP contribution in [0.1, 0.15) is 23.2 Å². The number of hydrogen-bond acceptors (Lipinski definition) is 6. The third-order valence-electron chi connectivity index (χ3n) is 6.03. The summed E-state index contributed by atoms with van der Waals surface area (Å²) in [7, 11) is -4.27. The third kappa shape index (κ3) is 5.16. The van der Waals surface area contributed by atoms with Gasteiger partial charge in [0.15, 0.2) is 5.82 Å². The van der Waals surface area contributed by atoms with E-state index < -0.39 is 38.1 Å².